The first-order chi connectivity index (χ1) is 6.69. The van der Waals surface area contributed by atoms with Crippen molar-refractivity contribution in [2.75, 3.05) is 6.67 Å². The molecule has 0 heterocycles. The van der Waals surface area contributed by atoms with E-state index in [0.29, 0.717) is 5.92 Å². The second-order valence-electron chi connectivity index (χ2n) is 3.47. The molecule has 1 rings (SSSR count). The molecule has 0 atom stereocenters. The smallest absolute Gasteiger partial charge is 0.123 e. The van der Waals surface area contributed by atoms with Crippen LogP contribution >= 0.6 is 0 Å². The van der Waals surface area contributed by atoms with Gasteiger partial charge in [0.05, 0.1) is 6.67 Å². The molecule has 77 valence electrons. The van der Waals surface area contributed by atoms with E-state index in [9.17, 15) is 8.78 Å². The summed E-state index contributed by atoms with van der Waals surface area (Å²) < 4.78 is 25.4. The molecule has 0 aliphatic carbocycles. The average Bonchev–Trinajstić information content (AvgIpc) is 2.20. The fourth-order valence-corrected chi connectivity index (χ4v) is 1.51. The number of hydrogen-bond acceptors (Lipinski definition) is 0. The lowest BCUT2D eigenvalue weighted by Gasteiger charge is -2.12. The molecule has 0 aliphatic rings. The SMILES string of the molecule is CCCc1ccc(F)cc1[C](C)CF. The third kappa shape index (κ3) is 2.53. The topological polar surface area (TPSA) is 0 Å². The Kier molecular flexibility index (Phi) is 4.05. The molecule has 0 saturated heterocycles. The highest BCUT2D eigenvalue weighted by Crippen LogP contribution is 2.22. The van der Waals surface area contributed by atoms with Gasteiger partial charge in [-0.05, 0) is 29.7 Å². The summed E-state index contributed by atoms with van der Waals surface area (Å²) in [5.74, 6) is 0.306. The van der Waals surface area contributed by atoms with Crippen molar-refractivity contribution in [1.29, 1.82) is 0 Å². The Balaban J connectivity index is 3.02. The van der Waals surface area contributed by atoms with E-state index in [1.54, 1.807) is 13.0 Å². The molecule has 0 saturated carbocycles. The van der Waals surface area contributed by atoms with Crippen LogP contribution in [0.1, 0.15) is 31.4 Å². The maximum Gasteiger partial charge on any atom is 0.123 e. The molecule has 0 bridgehead atoms. The Bertz CT molecular complexity index is 294. The highest BCUT2D eigenvalue weighted by atomic mass is 19.1. The van der Waals surface area contributed by atoms with Gasteiger partial charge in [-0.15, -0.1) is 0 Å². The van der Waals surface area contributed by atoms with E-state index >= 15 is 0 Å². The van der Waals surface area contributed by atoms with Gasteiger partial charge in [0, 0.05) is 5.92 Å². The third-order valence-electron chi connectivity index (χ3n) is 2.25. The number of benzene rings is 1. The van der Waals surface area contributed by atoms with Crippen molar-refractivity contribution >= 4 is 0 Å². The molecule has 1 radical (unpaired) electrons. The number of rotatable bonds is 4. The number of alkyl halides is 1. The average molecular weight is 197 g/mol. The molecule has 0 unspecified atom stereocenters. The fraction of sp³-hybridized carbons (Fsp3) is 0.417. The molecule has 0 N–H and O–H groups in total. The van der Waals surface area contributed by atoms with Crippen molar-refractivity contribution in [2.45, 2.75) is 26.7 Å². The van der Waals surface area contributed by atoms with Gasteiger partial charge in [0.2, 0.25) is 0 Å². The first-order valence-corrected chi connectivity index (χ1v) is 4.86. The second kappa shape index (κ2) is 5.08. The lowest BCUT2D eigenvalue weighted by atomic mass is 9.94. The van der Waals surface area contributed by atoms with Gasteiger partial charge < -0.3 is 0 Å². The van der Waals surface area contributed by atoms with Crippen molar-refractivity contribution < 1.29 is 8.78 Å². The van der Waals surface area contributed by atoms with Gasteiger partial charge in [0.25, 0.3) is 0 Å². The van der Waals surface area contributed by atoms with Crippen molar-refractivity contribution in [2.24, 2.45) is 0 Å². The van der Waals surface area contributed by atoms with Gasteiger partial charge >= 0.3 is 0 Å². The summed E-state index contributed by atoms with van der Waals surface area (Å²) in [5, 5.41) is 0. The number of halogens is 2. The van der Waals surface area contributed by atoms with Crippen LogP contribution in [0.3, 0.4) is 0 Å². The maximum absolute atomic E-state index is 12.9. The van der Waals surface area contributed by atoms with E-state index < -0.39 is 6.67 Å². The predicted molar refractivity (Wildman–Crippen MR) is 54.4 cm³/mol. The van der Waals surface area contributed by atoms with Gasteiger partial charge in [-0.25, -0.2) is 4.39 Å². The van der Waals surface area contributed by atoms with Crippen molar-refractivity contribution in [3.8, 4) is 0 Å². The summed E-state index contributed by atoms with van der Waals surface area (Å²) in [7, 11) is 0. The van der Waals surface area contributed by atoms with Gasteiger partial charge in [0.15, 0.2) is 0 Å². The first-order valence-electron chi connectivity index (χ1n) is 4.86. The molecule has 0 fully saturated rings. The number of aryl methyl sites for hydroxylation is 1. The Hall–Kier alpha value is -0.920. The van der Waals surface area contributed by atoms with Gasteiger partial charge in [-0.1, -0.05) is 26.3 Å². The Morgan fingerprint density at radius 1 is 1.36 bits per heavy atom. The molecular formula is C12H15F2. The van der Waals surface area contributed by atoms with Crippen LogP contribution < -0.4 is 0 Å². The minimum Gasteiger partial charge on any atom is -0.250 e. The predicted octanol–water partition coefficient (Wildman–Crippen LogP) is 3.69. The summed E-state index contributed by atoms with van der Waals surface area (Å²) >= 11 is 0. The van der Waals surface area contributed by atoms with E-state index in [2.05, 4.69) is 6.92 Å². The van der Waals surface area contributed by atoms with Crippen LogP contribution in [0.2, 0.25) is 0 Å². The van der Waals surface area contributed by atoms with Crippen LogP contribution in [0, 0.1) is 11.7 Å². The maximum atomic E-state index is 12.9. The van der Waals surface area contributed by atoms with Crippen molar-refractivity contribution in [1.82, 2.24) is 0 Å². The van der Waals surface area contributed by atoms with Crippen LogP contribution in [0.5, 0.6) is 0 Å². The zero-order chi connectivity index (χ0) is 10.6. The van der Waals surface area contributed by atoms with E-state index in [4.69, 9.17) is 0 Å². The molecule has 1 aromatic carbocycles. The monoisotopic (exact) mass is 197 g/mol. The van der Waals surface area contributed by atoms with E-state index in [1.807, 2.05) is 0 Å². The summed E-state index contributed by atoms with van der Waals surface area (Å²) in [6, 6.07) is 4.59. The van der Waals surface area contributed by atoms with Crippen LogP contribution in [0.4, 0.5) is 8.78 Å². The van der Waals surface area contributed by atoms with Crippen LogP contribution in [-0.2, 0) is 6.42 Å². The quantitative estimate of drug-likeness (QED) is 0.690. The molecule has 0 spiro atoms. The Labute approximate surface area is 84.0 Å². The van der Waals surface area contributed by atoms with Gasteiger partial charge in [0.1, 0.15) is 5.82 Å². The van der Waals surface area contributed by atoms with E-state index in [0.717, 1.165) is 24.0 Å². The van der Waals surface area contributed by atoms with E-state index in [1.165, 1.54) is 12.1 Å². The van der Waals surface area contributed by atoms with Crippen LogP contribution in [0.15, 0.2) is 18.2 Å². The summed E-state index contributed by atoms with van der Waals surface area (Å²) in [4.78, 5) is 0. The van der Waals surface area contributed by atoms with Gasteiger partial charge in [-0.2, -0.15) is 0 Å². The zero-order valence-corrected chi connectivity index (χ0v) is 8.61. The highest BCUT2D eigenvalue weighted by Gasteiger charge is 2.11. The standard InChI is InChI=1S/C12H15F2/c1-3-4-10-5-6-11(14)7-12(10)9(2)8-13/h5-7H,3-4,8H2,1-2H3. The lowest BCUT2D eigenvalue weighted by molar-refractivity contribution is 0.514. The zero-order valence-electron chi connectivity index (χ0n) is 8.61. The Morgan fingerprint density at radius 2 is 2.07 bits per heavy atom. The largest absolute Gasteiger partial charge is 0.250 e. The molecule has 0 aromatic heterocycles. The van der Waals surface area contributed by atoms with Crippen LogP contribution in [-0.4, -0.2) is 6.67 Å². The molecule has 0 aliphatic heterocycles. The second-order valence-corrected chi connectivity index (χ2v) is 3.47. The highest BCUT2D eigenvalue weighted by molar-refractivity contribution is 5.38. The van der Waals surface area contributed by atoms with Gasteiger partial charge in [-0.3, -0.25) is 4.39 Å². The Morgan fingerprint density at radius 3 is 2.64 bits per heavy atom. The van der Waals surface area contributed by atoms with Crippen molar-refractivity contribution in [3.63, 3.8) is 0 Å². The first kappa shape index (κ1) is 11.2. The normalized spacial score (nSPS) is 10.9. The molecule has 0 amide bonds. The molecule has 14 heavy (non-hydrogen) atoms. The minimum atomic E-state index is -0.514. The number of hydrogen-bond donors (Lipinski definition) is 0. The minimum absolute atomic E-state index is 0.298. The summed E-state index contributed by atoms with van der Waals surface area (Å²) in [6.45, 7) is 3.24. The molecule has 0 nitrogen and oxygen atoms in total. The van der Waals surface area contributed by atoms with Crippen molar-refractivity contribution in [3.05, 3.63) is 41.1 Å². The van der Waals surface area contributed by atoms with Crippen LogP contribution in [0.25, 0.3) is 0 Å². The molecule has 1 aromatic rings. The summed E-state index contributed by atoms with van der Waals surface area (Å²) in [6.07, 6.45) is 1.85. The molecular weight excluding hydrogens is 182 g/mol. The van der Waals surface area contributed by atoms with E-state index in [-0.39, 0.29) is 5.82 Å². The summed E-state index contributed by atoms with van der Waals surface area (Å²) in [5.41, 5.74) is 1.76. The lowest BCUT2D eigenvalue weighted by Crippen LogP contribution is -2.02. The molecule has 2 heteroatoms. The third-order valence-corrected chi connectivity index (χ3v) is 2.25. The fourth-order valence-electron chi connectivity index (χ4n) is 1.51.